The van der Waals surface area contributed by atoms with Gasteiger partial charge in [0.1, 0.15) is 11.9 Å². The van der Waals surface area contributed by atoms with Gasteiger partial charge in [-0.05, 0) is 44.1 Å². The molecule has 2 N–H and O–H groups in total. The standard InChI is InChI=1S/C14H19N3O/c15-8-12-11-5-1-2-6-13(11)17(14(12)16)9-10-4-3-7-18-10/h10H,1-7,9,16H2/t10-/m0/s1. The van der Waals surface area contributed by atoms with Gasteiger partial charge < -0.3 is 15.0 Å². The van der Waals surface area contributed by atoms with Crippen LogP contribution in [0.1, 0.15) is 42.5 Å². The van der Waals surface area contributed by atoms with E-state index in [-0.39, 0.29) is 6.10 Å². The Hall–Kier alpha value is -1.47. The van der Waals surface area contributed by atoms with E-state index in [4.69, 9.17) is 10.5 Å². The number of nitrogen functional groups attached to an aromatic ring is 1. The van der Waals surface area contributed by atoms with Gasteiger partial charge in [-0.3, -0.25) is 0 Å². The van der Waals surface area contributed by atoms with E-state index in [9.17, 15) is 5.26 Å². The average Bonchev–Trinajstić information content (AvgIpc) is 2.98. The molecule has 0 bridgehead atoms. The van der Waals surface area contributed by atoms with Gasteiger partial charge in [0, 0.05) is 12.3 Å². The van der Waals surface area contributed by atoms with Crippen LogP contribution in [0, 0.1) is 11.3 Å². The second-order valence-corrected chi connectivity index (χ2v) is 5.25. The number of anilines is 1. The Balaban J connectivity index is 1.97. The first-order chi connectivity index (χ1) is 8.81. The third kappa shape index (κ3) is 1.79. The van der Waals surface area contributed by atoms with Crippen LogP contribution < -0.4 is 5.73 Å². The molecule has 2 aliphatic rings. The first-order valence-electron chi connectivity index (χ1n) is 6.82. The van der Waals surface area contributed by atoms with E-state index in [1.54, 1.807) is 0 Å². The van der Waals surface area contributed by atoms with Gasteiger partial charge in [-0.15, -0.1) is 0 Å². The van der Waals surface area contributed by atoms with E-state index in [1.165, 1.54) is 24.1 Å². The molecule has 3 rings (SSSR count). The number of ether oxygens (including phenoxy) is 1. The molecule has 18 heavy (non-hydrogen) atoms. The summed E-state index contributed by atoms with van der Waals surface area (Å²) in [5, 5.41) is 9.27. The molecule has 2 heterocycles. The first kappa shape index (κ1) is 11.6. The summed E-state index contributed by atoms with van der Waals surface area (Å²) in [6.07, 6.45) is 6.94. The van der Waals surface area contributed by atoms with E-state index in [0.29, 0.717) is 11.4 Å². The molecular formula is C14H19N3O. The van der Waals surface area contributed by atoms with Gasteiger partial charge >= 0.3 is 0 Å². The Kier molecular flexibility index (Phi) is 3.00. The minimum absolute atomic E-state index is 0.275. The molecular weight excluding hydrogens is 226 g/mol. The van der Waals surface area contributed by atoms with Crippen molar-refractivity contribution in [2.45, 2.75) is 51.2 Å². The summed E-state index contributed by atoms with van der Waals surface area (Å²) in [6.45, 7) is 1.68. The SMILES string of the molecule is N#Cc1c2c(n(C[C@@H]3CCCO3)c1N)CCCC2. The van der Waals surface area contributed by atoms with Gasteiger partial charge in [-0.25, -0.2) is 0 Å². The first-order valence-corrected chi connectivity index (χ1v) is 6.82. The van der Waals surface area contributed by atoms with Crippen LogP contribution in [-0.2, 0) is 24.1 Å². The highest BCUT2D eigenvalue weighted by atomic mass is 16.5. The molecule has 0 unspecified atom stereocenters. The van der Waals surface area contributed by atoms with E-state index < -0.39 is 0 Å². The lowest BCUT2D eigenvalue weighted by Gasteiger charge is -2.18. The maximum Gasteiger partial charge on any atom is 0.122 e. The fourth-order valence-electron chi connectivity index (χ4n) is 3.22. The summed E-state index contributed by atoms with van der Waals surface area (Å²) in [5.41, 5.74) is 9.35. The van der Waals surface area contributed by atoms with Crippen LogP contribution in [0.25, 0.3) is 0 Å². The molecule has 4 nitrogen and oxygen atoms in total. The number of nitriles is 1. The molecule has 0 amide bonds. The summed E-state index contributed by atoms with van der Waals surface area (Å²) in [5.74, 6) is 0.653. The monoisotopic (exact) mass is 245 g/mol. The summed E-state index contributed by atoms with van der Waals surface area (Å²) >= 11 is 0. The second kappa shape index (κ2) is 4.66. The van der Waals surface area contributed by atoms with Crippen LogP contribution in [0.5, 0.6) is 0 Å². The molecule has 0 aromatic carbocycles. The number of rotatable bonds is 2. The second-order valence-electron chi connectivity index (χ2n) is 5.25. The van der Waals surface area contributed by atoms with Crippen molar-refractivity contribution < 1.29 is 4.74 Å². The number of hydrogen-bond donors (Lipinski definition) is 1. The fraction of sp³-hybridized carbons (Fsp3) is 0.643. The molecule has 1 aromatic rings. The van der Waals surface area contributed by atoms with Crippen molar-refractivity contribution in [3.63, 3.8) is 0 Å². The number of fused-ring (bicyclic) bond motifs is 1. The quantitative estimate of drug-likeness (QED) is 0.866. The van der Waals surface area contributed by atoms with Gasteiger partial charge in [0.05, 0.1) is 18.2 Å². The number of nitrogens with two attached hydrogens (primary N) is 1. The third-order valence-corrected chi connectivity index (χ3v) is 4.14. The molecule has 4 heteroatoms. The summed E-state index contributed by atoms with van der Waals surface area (Å²) in [6, 6.07) is 2.28. The maximum absolute atomic E-state index is 9.27. The molecule has 0 saturated carbocycles. The molecule has 1 saturated heterocycles. The molecule has 1 aromatic heterocycles. The molecule has 0 spiro atoms. The Labute approximate surface area is 107 Å². The number of aromatic nitrogens is 1. The average molecular weight is 245 g/mol. The highest BCUT2D eigenvalue weighted by Crippen LogP contribution is 2.32. The van der Waals surface area contributed by atoms with Gasteiger partial charge in [0.25, 0.3) is 0 Å². The summed E-state index contributed by atoms with van der Waals surface area (Å²) in [7, 11) is 0. The van der Waals surface area contributed by atoms with Crippen LogP contribution in [0.15, 0.2) is 0 Å². The summed E-state index contributed by atoms with van der Waals surface area (Å²) in [4.78, 5) is 0. The zero-order valence-corrected chi connectivity index (χ0v) is 10.6. The predicted octanol–water partition coefficient (Wildman–Crippen LogP) is 2.00. The van der Waals surface area contributed by atoms with E-state index >= 15 is 0 Å². The van der Waals surface area contributed by atoms with Crippen LogP contribution in [0.4, 0.5) is 5.82 Å². The molecule has 1 fully saturated rings. The molecule has 0 radical (unpaired) electrons. The van der Waals surface area contributed by atoms with E-state index in [0.717, 1.165) is 38.8 Å². The van der Waals surface area contributed by atoms with E-state index in [2.05, 4.69) is 10.6 Å². The normalized spacial score (nSPS) is 22.7. The van der Waals surface area contributed by atoms with Gasteiger partial charge in [0.2, 0.25) is 0 Å². The Morgan fingerprint density at radius 3 is 2.89 bits per heavy atom. The van der Waals surface area contributed by atoms with Crippen molar-refractivity contribution in [2.75, 3.05) is 12.3 Å². The van der Waals surface area contributed by atoms with Crippen LogP contribution >= 0.6 is 0 Å². The highest BCUT2D eigenvalue weighted by Gasteiger charge is 2.26. The Morgan fingerprint density at radius 1 is 1.33 bits per heavy atom. The van der Waals surface area contributed by atoms with Crippen molar-refractivity contribution in [1.29, 1.82) is 5.26 Å². The van der Waals surface area contributed by atoms with Gasteiger partial charge in [0.15, 0.2) is 0 Å². The molecule has 1 aliphatic carbocycles. The van der Waals surface area contributed by atoms with Crippen molar-refractivity contribution >= 4 is 5.82 Å². The minimum Gasteiger partial charge on any atom is -0.384 e. The van der Waals surface area contributed by atoms with Crippen LogP contribution in [0.3, 0.4) is 0 Å². The van der Waals surface area contributed by atoms with Crippen molar-refractivity contribution in [3.05, 3.63) is 16.8 Å². The summed E-state index contributed by atoms with van der Waals surface area (Å²) < 4.78 is 7.83. The van der Waals surface area contributed by atoms with Crippen LogP contribution in [0.2, 0.25) is 0 Å². The lowest BCUT2D eigenvalue weighted by Crippen LogP contribution is -2.19. The molecule has 96 valence electrons. The van der Waals surface area contributed by atoms with Crippen molar-refractivity contribution in [2.24, 2.45) is 0 Å². The van der Waals surface area contributed by atoms with Crippen molar-refractivity contribution in [3.8, 4) is 6.07 Å². The van der Waals surface area contributed by atoms with Gasteiger partial charge in [-0.1, -0.05) is 0 Å². The largest absolute Gasteiger partial charge is 0.384 e. The lowest BCUT2D eigenvalue weighted by molar-refractivity contribution is 0.0968. The number of nitrogens with zero attached hydrogens (tertiary/aromatic N) is 2. The topological polar surface area (TPSA) is 64.0 Å². The molecule has 1 aliphatic heterocycles. The Bertz CT molecular complexity index is 492. The predicted molar refractivity (Wildman–Crippen MR) is 69.2 cm³/mol. The maximum atomic E-state index is 9.27. The zero-order valence-electron chi connectivity index (χ0n) is 10.6. The third-order valence-electron chi connectivity index (χ3n) is 4.14. The lowest BCUT2D eigenvalue weighted by atomic mass is 9.95. The van der Waals surface area contributed by atoms with E-state index in [1.807, 2.05) is 0 Å². The fourth-order valence-corrected chi connectivity index (χ4v) is 3.22. The van der Waals surface area contributed by atoms with Crippen LogP contribution in [-0.4, -0.2) is 17.3 Å². The van der Waals surface area contributed by atoms with Crippen molar-refractivity contribution in [1.82, 2.24) is 4.57 Å². The van der Waals surface area contributed by atoms with Gasteiger partial charge in [-0.2, -0.15) is 5.26 Å². The number of hydrogen-bond acceptors (Lipinski definition) is 3. The smallest absolute Gasteiger partial charge is 0.122 e. The minimum atomic E-state index is 0.275. The molecule has 1 atom stereocenters. The highest BCUT2D eigenvalue weighted by molar-refractivity contribution is 5.59. The zero-order chi connectivity index (χ0) is 12.5. The Morgan fingerprint density at radius 2 is 2.17 bits per heavy atom.